The van der Waals surface area contributed by atoms with Crippen molar-refractivity contribution < 1.29 is 32.5 Å². The van der Waals surface area contributed by atoms with Gasteiger partial charge in [-0.2, -0.15) is 13.2 Å². The standard InChI is InChI=1S/C31H43N5O2.C2HF3O2/c1-22-7-8-25(32-22)28-18-26(33-23-20-31(21-23)9-14-35(2)15-10-31)24-17-29(37-3)30(19-27(24)34-28)38-16-6-13-36-11-4-5-12-36;3-2(4,5)1(6)7/h7-8,17-19,23,32H,4-6,9-16,20-21H2,1-3H3,(H,33,34);(H,6,7). The summed E-state index contributed by atoms with van der Waals surface area (Å²) >= 11 is 0. The molecule has 0 amide bonds. The van der Waals surface area contributed by atoms with Gasteiger partial charge in [0.05, 0.1) is 30.6 Å². The Bertz CT molecular complexity index is 1450. The van der Waals surface area contributed by atoms with Crippen LogP contribution in [0.4, 0.5) is 18.9 Å². The summed E-state index contributed by atoms with van der Waals surface area (Å²) in [5, 5.41) is 12.1. The van der Waals surface area contributed by atoms with Gasteiger partial charge in [0.25, 0.3) is 0 Å². The monoisotopic (exact) mass is 631 g/mol. The second-order valence-electron chi connectivity index (χ2n) is 12.7. The van der Waals surface area contributed by atoms with Gasteiger partial charge in [0.15, 0.2) is 11.5 Å². The number of pyridine rings is 1. The number of aromatic amines is 1. The summed E-state index contributed by atoms with van der Waals surface area (Å²) in [5.41, 5.74) is 5.71. The first-order valence-electron chi connectivity index (χ1n) is 15.7. The Balaban J connectivity index is 0.000000515. The number of halogens is 3. The van der Waals surface area contributed by atoms with E-state index in [0.29, 0.717) is 18.1 Å². The molecular weight excluding hydrogens is 587 g/mol. The van der Waals surface area contributed by atoms with Gasteiger partial charge in [0, 0.05) is 35.4 Å². The number of benzene rings is 1. The first-order valence-corrected chi connectivity index (χ1v) is 15.7. The lowest BCUT2D eigenvalue weighted by Gasteiger charge is -2.52. The van der Waals surface area contributed by atoms with Crippen molar-refractivity contribution in [3.63, 3.8) is 0 Å². The van der Waals surface area contributed by atoms with Crippen molar-refractivity contribution in [1.82, 2.24) is 19.8 Å². The summed E-state index contributed by atoms with van der Waals surface area (Å²) in [5.74, 6) is -1.21. The average molecular weight is 632 g/mol. The summed E-state index contributed by atoms with van der Waals surface area (Å²) in [6.45, 7) is 8.74. The minimum absolute atomic E-state index is 0.495. The zero-order valence-corrected chi connectivity index (χ0v) is 26.3. The zero-order valence-electron chi connectivity index (χ0n) is 26.3. The molecule has 0 atom stereocenters. The van der Waals surface area contributed by atoms with Gasteiger partial charge in [-0.3, -0.25) is 0 Å². The number of methoxy groups -OCH3 is 1. The number of nitrogens with zero attached hydrogens (tertiary/aromatic N) is 3. The predicted molar refractivity (Wildman–Crippen MR) is 168 cm³/mol. The van der Waals surface area contributed by atoms with E-state index >= 15 is 0 Å². The second kappa shape index (κ2) is 13.9. The lowest BCUT2D eigenvalue weighted by Crippen LogP contribution is -2.50. The lowest BCUT2D eigenvalue weighted by atomic mass is 9.60. The molecule has 0 bridgehead atoms. The molecule has 2 aliphatic heterocycles. The molecule has 1 saturated carbocycles. The number of anilines is 1. The van der Waals surface area contributed by atoms with Gasteiger partial charge >= 0.3 is 12.1 Å². The molecule has 1 spiro atoms. The number of H-pyrrole nitrogens is 1. The van der Waals surface area contributed by atoms with Crippen LogP contribution in [0, 0.1) is 12.3 Å². The number of rotatable bonds is 9. The molecule has 9 nitrogen and oxygen atoms in total. The first-order chi connectivity index (χ1) is 21.4. The van der Waals surface area contributed by atoms with E-state index in [1.165, 1.54) is 64.7 Å². The van der Waals surface area contributed by atoms with Crippen molar-refractivity contribution in [1.29, 1.82) is 0 Å². The number of fused-ring (bicyclic) bond motifs is 1. The Morgan fingerprint density at radius 3 is 2.40 bits per heavy atom. The van der Waals surface area contributed by atoms with Crippen LogP contribution in [0.2, 0.25) is 0 Å². The molecule has 2 saturated heterocycles. The normalized spacial score (nSPS) is 18.8. The number of likely N-dealkylation sites (tertiary alicyclic amines) is 2. The molecule has 45 heavy (non-hydrogen) atoms. The number of alkyl halides is 3. The third kappa shape index (κ3) is 8.21. The van der Waals surface area contributed by atoms with E-state index in [9.17, 15) is 13.2 Å². The predicted octanol–water partition coefficient (Wildman–Crippen LogP) is 6.33. The van der Waals surface area contributed by atoms with Crippen molar-refractivity contribution in [2.24, 2.45) is 5.41 Å². The van der Waals surface area contributed by atoms with E-state index in [4.69, 9.17) is 24.4 Å². The van der Waals surface area contributed by atoms with Crippen LogP contribution in [0.3, 0.4) is 0 Å². The van der Waals surface area contributed by atoms with Gasteiger partial charge in [0.2, 0.25) is 0 Å². The van der Waals surface area contributed by atoms with Crippen LogP contribution in [-0.2, 0) is 4.79 Å². The van der Waals surface area contributed by atoms with Crippen molar-refractivity contribution in [3.05, 3.63) is 36.0 Å². The van der Waals surface area contributed by atoms with Crippen LogP contribution >= 0.6 is 0 Å². The maximum absolute atomic E-state index is 10.6. The van der Waals surface area contributed by atoms with Crippen molar-refractivity contribution in [2.45, 2.75) is 64.1 Å². The fourth-order valence-corrected chi connectivity index (χ4v) is 6.70. The molecule has 3 aliphatic rings. The Labute approximate surface area is 262 Å². The molecule has 1 aliphatic carbocycles. The van der Waals surface area contributed by atoms with Crippen LogP contribution in [0.15, 0.2) is 30.3 Å². The molecule has 3 fully saturated rings. The quantitative estimate of drug-likeness (QED) is 0.236. The van der Waals surface area contributed by atoms with Crippen molar-refractivity contribution >= 4 is 22.6 Å². The summed E-state index contributed by atoms with van der Waals surface area (Å²) in [7, 11) is 3.97. The average Bonchev–Trinajstić information content (AvgIpc) is 3.67. The molecule has 0 unspecified atom stereocenters. The van der Waals surface area contributed by atoms with E-state index in [2.05, 4.69) is 64.4 Å². The molecule has 6 rings (SSSR count). The fraction of sp³-hybridized carbons (Fsp3) is 0.576. The van der Waals surface area contributed by atoms with E-state index in [-0.39, 0.29) is 0 Å². The number of piperidine rings is 1. The van der Waals surface area contributed by atoms with Gasteiger partial charge < -0.3 is 34.7 Å². The number of aromatic nitrogens is 2. The summed E-state index contributed by atoms with van der Waals surface area (Å²) in [6.07, 6.45) is 3.71. The first kappa shape index (κ1) is 32.9. The lowest BCUT2D eigenvalue weighted by molar-refractivity contribution is -0.192. The van der Waals surface area contributed by atoms with Crippen LogP contribution in [0.1, 0.15) is 50.6 Å². The van der Waals surface area contributed by atoms with E-state index in [1.54, 1.807) is 7.11 Å². The van der Waals surface area contributed by atoms with Crippen molar-refractivity contribution in [2.75, 3.05) is 58.8 Å². The number of aliphatic carboxylic acids is 1. The molecular formula is C33H44F3N5O4. The Morgan fingerprint density at radius 1 is 1.11 bits per heavy atom. The summed E-state index contributed by atoms with van der Waals surface area (Å²) < 4.78 is 43.8. The molecule has 246 valence electrons. The molecule has 2 aromatic heterocycles. The van der Waals surface area contributed by atoms with E-state index < -0.39 is 12.1 Å². The number of ether oxygens (including phenoxy) is 2. The second-order valence-corrected chi connectivity index (χ2v) is 12.7. The van der Waals surface area contributed by atoms with Gasteiger partial charge in [0.1, 0.15) is 0 Å². The highest BCUT2D eigenvalue weighted by Crippen LogP contribution is 2.50. The van der Waals surface area contributed by atoms with Crippen molar-refractivity contribution in [3.8, 4) is 22.9 Å². The van der Waals surface area contributed by atoms with E-state index in [1.807, 2.05) is 0 Å². The molecule has 0 radical (unpaired) electrons. The molecule has 3 aromatic rings. The van der Waals surface area contributed by atoms with E-state index in [0.717, 1.165) is 58.1 Å². The molecule has 4 heterocycles. The highest BCUT2D eigenvalue weighted by Gasteiger charge is 2.45. The number of carbonyl (C=O) groups is 1. The van der Waals surface area contributed by atoms with Gasteiger partial charge in [-0.05, 0) is 115 Å². The maximum atomic E-state index is 10.6. The zero-order chi connectivity index (χ0) is 32.2. The summed E-state index contributed by atoms with van der Waals surface area (Å²) in [6, 6.07) is 11.1. The third-order valence-corrected chi connectivity index (χ3v) is 9.29. The number of hydrogen-bond donors (Lipinski definition) is 3. The Morgan fingerprint density at radius 2 is 1.80 bits per heavy atom. The smallest absolute Gasteiger partial charge is 0.490 e. The number of carboxylic acid groups (broad SMARTS) is 1. The molecule has 3 N–H and O–H groups in total. The number of aryl methyl sites for hydroxylation is 1. The van der Waals surface area contributed by atoms with Crippen LogP contribution in [-0.4, -0.2) is 96.5 Å². The van der Waals surface area contributed by atoms with Crippen LogP contribution in [0.5, 0.6) is 11.5 Å². The minimum Gasteiger partial charge on any atom is -0.493 e. The minimum atomic E-state index is -5.08. The van der Waals surface area contributed by atoms with Gasteiger partial charge in [-0.1, -0.05) is 0 Å². The largest absolute Gasteiger partial charge is 0.493 e. The number of nitrogens with one attached hydrogen (secondary N) is 2. The topological polar surface area (TPSA) is 103 Å². The van der Waals surface area contributed by atoms with Crippen LogP contribution in [0.25, 0.3) is 22.3 Å². The number of hydrogen-bond acceptors (Lipinski definition) is 7. The number of carboxylic acids is 1. The fourth-order valence-electron chi connectivity index (χ4n) is 6.70. The summed E-state index contributed by atoms with van der Waals surface area (Å²) in [4.78, 5) is 22.4. The SMILES string of the molecule is COc1cc2c(NC3CC4(CCN(C)CC4)C3)cc(-c3ccc(C)[nH]3)nc2cc1OCCCN1CCCC1.O=C(O)C(F)(F)F. The van der Waals surface area contributed by atoms with Gasteiger partial charge in [-0.25, -0.2) is 9.78 Å². The Hall–Kier alpha value is -3.51. The highest BCUT2D eigenvalue weighted by molar-refractivity contribution is 5.96. The Kier molecular flexibility index (Phi) is 10.1. The van der Waals surface area contributed by atoms with Gasteiger partial charge in [-0.15, -0.1) is 0 Å². The highest BCUT2D eigenvalue weighted by atomic mass is 19.4. The third-order valence-electron chi connectivity index (χ3n) is 9.29. The molecule has 1 aromatic carbocycles. The van der Waals surface area contributed by atoms with Crippen LogP contribution < -0.4 is 14.8 Å². The maximum Gasteiger partial charge on any atom is 0.490 e. The molecule has 12 heteroatoms.